The maximum Gasteiger partial charge on any atom is 0.407 e. The number of anilines is 1. The summed E-state index contributed by atoms with van der Waals surface area (Å²) >= 11 is 3.40. The molecule has 1 fully saturated rings. The standard InChI is InChI=1S/C19H27BrN2O3/c1-19(2,3)25-18(24)21-15-9-5-13(6-10-15)17(23)22(4)16-11-7-14(20)8-12-16/h7-8,11-13,15H,5-6,9-10H2,1-4H3,(H,21,24). The molecule has 0 radical (unpaired) electrons. The van der Waals surface area contributed by atoms with Gasteiger partial charge in [0.25, 0.3) is 0 Å². The molecule has 6 heteroatoms. The van der Waals surface area contributed by atoms with E-state index in [0.29, 0.717) is 0 Å². The van der Waals surface area contributed by atoms with Crippen molar-refractivity contribution < 1.29 is 14.3 Å². The molecule has 0 aliphatic heterocycles. The first-order chi connectivity index (χ1) is 11.7. The van der Waals surface area contributed by atoms with Crippen LogP contribution < -0.4 is 10.2 Å². The number of nitrogens with one attached hydrogen (secondary N) is 1. The molecule has 5 nitrogen and oxygen atoms in total. The van der Waals surface area contributed by atoms with Crippen molar-refractivity contribution in [1.82, 2.24) is 5.32 Å². The lowest BCUT2D eigenvalue weighted by molar-refractivity contribution is -0.123. The zero-order valence-electron chi connectivity index (χ0n) is 15.3. The number of carbonyl (C=O) groups is 2. The Morgan fingerprint density at radius 1 is 1.12 bits per heavy atom. The molecule has 1 aliphatic rings. The summed E-state index contributed by atoms with van der Waals surface area (Å²) in [5.74, 6) is 0.142. The van der Waals surface area contributed by atoms with E-state index in [2.05, 4.69) is 21.2 Å². The van der Waals surface area contributed by atoms with E-state index in [1.165, 1.54) is 0 Å². The van der Waals surface area contributed by atoms with Gasteiger partial charge in [0.15, 0.2) is 0 Å². The number of ether oxygens (including phenoxy) is 1. The van der Waals surface area contributed by atoms with Crippen LogP contribution in [0.5, 0.6) is 0 Å². The van der Waals surface area contributed by atoms with Gasteiger partial charge in [-0.2, -0.15) is 0 Å². The molecule has 0 heterocycles. The van der Waals surface area contributed by atoms with Crippen LogP contribution in [0.1, 0.15) is 46.5 Å². The van der Waals surface area contributed by atoms with Gasteiger partial charge in [-0.3, -0.25) is 4.79 Å². The second-order valence-electron chi connectivity index (χ2n) is 7.57. The highest BCUT2D eigenvalue weighted by Crippen LogP contribution is 2.28. The van der Waals surface area contributed by atoms with Crippen molar-refractivity contribution in [2.75, 3.05) is 11.9 Å². The highest BCUT2D eigenvalue weighted by Gasteiger charge is 2.30. The van der Waals surface area contributed by atoms with Gasteiger partial charge >= 0.3 is 6.09 Å². The number of amides is 2. The topological polar surface area (TPSA) is 58.6 Å². The molecule has 0 aromatic heterocycles. The maximum absolute atomic E-state index is 12.7. The van der Waals surface area contributed by atoms with E-state index in [1.54, 1.807) is 4.90 Å². The SMILES string of the molecule is CN(C(=O)C1CCC(NC(=O)OC(C)(C)C)CC1)c1ccc(Br)cc1. The minimum atomic E-state index is -0.495. The van der Waals surface area contributed by atoms with E-state index in [4.69, 9.17) is 4.74 Å². The molecule has 0 bridgehead atoms. The minimum Gasteiger partial charge on any atom is -0.444 e. The number of carbonyl (C=O) groups excluding carboxylic acids is 2. The maximum atomic E-state index is 12.7. The lowest BCUT2D eigenvalue weighted by Crippen LogP contribution is -2.43. The van der Waals surface area contributed by atoms with Crippen LogP contribution in [0.4, 0.5) is 10.5 Å². The smallest absolute Gasteiger partial charge is 0.407 e. The van der Waals surface area contributed by atoms with Gasteiger partial charge in [0, 0.05) is 29.2 Å². The summed E-state index contributed by atoms with van der Waals surface area (Å²) in [6.45, 7) is 5.54. The zero-order valence-corrected chi connectivity index (χ0v) is 16.9. The number of hydrogen-bond donors (Lipinski definition) is 1. The van der Waals surface area contributed by atoms with Gasteiger partial charge in [0.05, 0.1) is 0 Å². The van der Waals surface area contributed by atoms with Crippen LogP contribution in [-0.2, 0) is 9.53 Å². The van der Waals surface area contributed by atoms with Crippen molar-refractivity contribution in [1.29, 1.82) is 0 Å². The third-order valence-electron chi connectivity index (χ3n) is 4.34. The molecular weight excluding hydrogens is 384 g/mol. The Hall–Kier alpha value is -1.56. The second kappa shape index (κ2) is 8.21. The summed E-state index contributed by atoms with van der Waals surface area (Å²) in [6, 6.07) is 7.80. The fraction of sp³-hybridized carbons (Fsp3) is 0.579. The molecule has 2 rings (SSSR count). The molecule has 138 valence electrons. The van der Waals surface area contributed by atoms with Crippen molar-refractivity contribution in [2.24, 2.45) is 5.92 Å². The van der Waals surface area contributed by atoms with E-state index >= 15 is 0 Å². The van der Waals surface area contributed by atoms with Crippen molar-refractivity contribution in [3.05, 3.63) is 28.7 Å². The fourth-order valence-electron chi connectivity index (χ4n) is 3.02. The number of hydrogen-bond acceptors (Lipinski definition) is 3. The Bertz CT molecular complexity index is 602. The largest absolute Gasteiger partial charge is 0.444 e. The highest BCUT2D eigenvalue weighted by atomic mass is 79.9. The molecule has 1 aromatic rings. The lowest BCUT2D eigenvalue weighted by Gasteiger charge is -2.31. The monoisotopic (exact) mass is 410 g/mol. The van der Waals surface area contributed by atoms with Gasteiger partial charge in [-0.25, -0.2) is 4.79 Å². The molecule has 0 spiro atoms. The predicted octanol–water partition coefficient (Wildman–Crippen LogP) is 4.50. The number of benzene rings is 1. The summed E-state index contributed by atoms with van der Waals surface area (Å²) < 4.78 is 6.28. The summed E-state index contributed by atoms with van der Waals surface area (Å²) in [5.41, 5.74) is 0.396. The zero-order chi connectivity index (χ0) is 18.6. The number of nitrogens with zero attached hydrogens (tertiary/aromatic N) is 1. The molecule has 2 amide bonds. The second-order valence-corrected chi connectivity index (χ2v) is 8.48. The molecule has 0 unspecified atom stereocenters. The summed E-state index contributed by atoms with van der Waals surface area (Å²) in [5, 5.41) is 2.91. The van der Waals surface area contributed by atoms with E-state index < -0.39 is 5.60 Å². The number of rotatable bonds is 3. The van der Waals surface area contributed by atoms with Crippen molar-refractivity contribution in [3.63, 3.8) is 0 Å². The van der Waals surface area contributed by atoms with Crippen molar-refractivity contribution in [2.45, 2.75) is 58.1 Å². The van der Waals surface area contributed by atoms with Gasteiger partial charge in [-0.15, -0.1) is 0 Å². The van der Waals surface area contributed by atoms with E-state index in [9.17, 15) is 9.59 Å². The molecule has 0 atom stereocenters. The van der Waals surface area contributed by atoms with Gasteiger partial charge in [-0.05, 0) is 70.7 Å². The van der Waals surface area contributed by atoms with Gasteiger partial charge in [0.1, 0.15) is 5.60 Å². The molecule has 1 N–H and O–H groups in total. The van der Waals surface area contributed by atoms with Gasteiger partial charge in [0.2, 0.25) is 5.91 Å². The third kappa shape index (κ3) is 6.03. The summed E-state index contributed by atoms with van der Waals surface area (Å²) in [4.78, 5) is 26.3. The van der Waals surface area contributed by atoms with Crippen LogP contribution >= 0.6 is 15.9 Å². The normalized spacial score (nSPS) is 20.7. The highest BCUT2D eigenvalue weighted by molar-refractivity contribution is 9.10. The first kappa shape index (κ1) is 19.8. The Morgan fingerprint density at radius 2 is 1.68 bits per heavy atom. The van der Waals surface area contributed by atoms with Crippen molar-refractivity contribution >= 4 is 33.6 Å². The van der Waals surface area contributed by atoms with Crippen LogP contribution in [0.15, 0.2) is 28.7 Å². The molecular formula is C19H27BrN2O3. The van der Waals surface area contributed by atoms with Gasteiger partial charge in [-0.1, -0.05) is 15.9 Å². The van der Waals surface area contributed by atoms with Crippen LogP contribution in [0.2, 0.25) is 0 Å². The summed E-state index contributed by atoms with van der Waals surface area (Å²) in [6.07, 6.45) is 2.77. The average molecular weight is 411 g/mol. The quantitative estimate of drug-likeness (QED) is 0.797. The third-order valence-corrected chi connectivity index (χ3v) is 4.87. The van der Waals surface area contributed by atoms with E-state index in [0.717, 1.165) is 35.8 Å². The Kier molecular flexibility index (Phi) is 6.49. The molecule has 1 aromatic carbocycles. The number of halogens is 1. The molecule has 1 saturated carbocycles. The van der Waals surface area contributed by atoms with Crippen LogP contribution in [0.25, 0.3) is 0 Å². The fourth-order valence-corrected chi connectivity index (χ4v) is 3.29. The van der Waals surface area contributed by atoms with Crippen LogP contribution in [-0.4, -0.2) is 30.7 Å². The van der Waals surface area contributed by atoms with Crippen LogP contribution in [0, 0.1) is 5.92 Å². The average Bonchev–Trinajstić information content (AvgIpc) is 2.53. The first-order valence-electron chi connectivity index (χ1n) is 8.68. The van der Waals surface area contributed by atoms with Crippen LogP contribution in [0.3, 0.4) is 0 Å². The predicted molar refractivity (Wildman–Crippen MR) is 103 cm³/mol. The molecule has 25 heavy (non-hydrogen) atoms. The summed E-state index contributed by atoms with van der Waals surface area (Å²) in [7, 11) is 1.82. The van der Waals surface area contributed by atoms with E-state index in [-0.39, 0.29) is 24.0 Å². The Balaban J connectivity index is 1.84. The van der Waals surface area contributed by atoms with Crippen molar-refractivity contribution in [3.8, 4) is 0 Å². The lowest BCUT2D eigenvalue weighted by atomic mass is 9.85. The Labute approximate surface area is 158 Å². The molecule has 0 saturated heterocycles. The first-order valence-corrected chi connectivity index (χ1v) is 9.47. The minimum absolute atomic E-state index is 0.00494. The number of alkyl carbamates (subject to hydrolysis) is 1. The van der Waals surface area contributed by atoms with E-state index in [1.807, 2.05) is 52.1 Å². The Morgan fingerprint density at radius 3 is 2.20 bits per heavy atom. The molecule has 1 aliphatic carbocycles. The van der Waals surface area contributed by atoms with Gasteiger partial charge < -0.3 is 15.0 Å².